The summed E-state index contributed by atoms with van der Waals surface area (Å²) in [5.74, 6) is 1.63. The average molecular weight is 307 g/mol. The van der Waals surface area contributed by atoms with Gasteiger partial charge in [-0.2, -0.15) is 11.8 Å². The third-order valence-electron chi connectivity index (χ3n) is 1.95. The maximum absolute atomic E-state index is 12.8. The van der Waals surface area contributed by atoms with Crippen LogP contribution in [0, 0.1) is 5.82 Å². The number of thioether (sulfide) groups is 1. The third-order valence-corrected chi connectivity index (χ3v) is 3.66. The predicted molar refractivity (Wildman–Crippen MR) is 71.4 cm³/mol. The first kappa shape index (κ1) is 14.0. The number of rotatable bonds is 6. The van der Waals surface area contributed by atoms with Crippen molar-refractivity contribution in [3.8, 4) is 0 Å². The lowest BCUT2D eigenvalue weighted by atomic mass is 10.2. The van der Waals surface area contributed by atoms with Gasteiger partial charge in [-0.1, -0.05) is 22.0 Å². The Balaban J connectivity index is 2.27. The van der Waals surface area contributed by atoms with Gasteiger partial charge >= 0.3 is 0 Å². The van der Waals surface area contributed by atoms with E-state index in [9.17, 15) is 4.39 Å². The zero-order chi connectivity index (χ0) is 12.0. The Morgan fingerprint density at radius 2 is 2.19 bits per heavy atom. The third kappa shape index (κ3) is 5.32. The Morgan fingerprint density at radius 3 is 2.81 bits per heavy atom. The molecule has 0 aromatic heterocycles. The minimum Gasteiger partial charge on any atom is -0.378 e. The van der Waals surface area contributed by atoms with E-state index in [2.05, 4.69) is 15.9 Å². The van der Waals surface area contributed by atoms with E-state index in [0.29, 0.717) is 0 Å². The minimum absolute atomic E-state index is 0.205. The SMILES string of the molecule is CC(C)OCCSCc1ccc(F)cc1Br. The molecule has 0 unspecified atom stereocenters. The van der Waals surface area contributed by atoms with Gasteiger partial charge in [-0.05, 0) is 31.5 Å². The fourth-order valence-corrected chi connectivity index (χ4v) is 2.67. The Labute approximate surface area is 109 Å². The number of hydrogen-bond donors (Lipinski definition) is 0. The maximum atomic E-state index is 12.8. The van der Waals surface area contributed by atoms with Crippen molar-refractivity contribution >= 4 is 27.7 Å². The molecule has 1 aromatic rings. The van der Waals surface area contributed by atoms with Gasteiger partial charge < -0.3 is 4.74 Å². The van der Waals surface area contributed by atoms with Gasteiger partial charge in [-0.15, -0.1) is 0 Å². The molecule has 0 aliphatic heterocycles. The summed E-state index contributed by atoms with van der Waals surface area (Å²) in [6, 6.07) is 4.81. The van der Waals surface area contributed by atoms with Gasteiger partial charge in [0.1, 0.15) is 5.82 Å². The van der Waals surface area contributed by atoms with Gasteiger partial charge in [0.05, 0.1) is 12.7 Å². The first-order valence-electron chi connectivity index (χ1n) is 5.23. The van der Waals surface area contributed by atoms with Crippen LogP contribution in [0.4, 0.5) is 4.39 Å². The molecule has 0 radical (unpaired) electrons. The van der Waals surface area contributed by atoms with E-state index < -0.39 is 0 Å². The fraction of sp³-hybridized carbons (Fsp3) is 0.500. The Morgan fingerprint density at radius 1 is 1.44 bits per heavy atom. The Kier molecular flexibility index (Phi) is 6.39. The predicted octanol–water partition coefficient (Wildman–Crippen LogP) is 4.25. The second kappa shape index (κ2) is 7.30. The zero-order valence-electron chi connectivity index (χ0n) is 9.50. The molecule has 0 saturated heterocycles. The first-order chi connectivity index (χ1) is 7.59. The Hall–Kier alpha value is -0.0600. The van der Waals surface area contributed by atoms with Crippen LogP contribution in [-0.4, -0.2) is 18.5 Å². The van der Waals surface area contributed by atoms with Crippen LogP contribution in [-0.2, 0) is 10.5 Å². The normalized spacial score (nSPS) is 11.1. The van der Waals surface area contributed by atoms with E-state index in [1.54, 1.807) is 11.8 Å². The van der Waals surface area contributed by atoms with Gasteiger partial charge in [-0.25, -0.2) is 4.39 Å². The molecule has 0 aliphatic carbocycles. The number of benzene rings is 1. The molecule has 0 atom stereocenters. The number of halogens is 2. The molecule has 16 heavy (non-hydrogen) atoms. The van der Waals surface area contributed by atoms with E-state index in [4.69, 9.17) is 4.74 Å². The van der Waals surface area contributed by atoms with Crippen LogP contribution >= 0.6 is 27.7 Å². The van der Waals surface area contributed by atoms with Gasteiger partial charge in [0.25, 0.3) is 0 Å². The van der Waals surface area contributed by atoms with E-state index in [0.717, 1.165) is 28.1 Å². The second-order valence-corrected chi connectivity index (χ2v) is 5.67. The molecule has 4 heteroatoms. The summed E-state index contributed by atoms with van der Waals surface area (Å²) in [5, 5.41) is 0. The molecule has 0 aliphatic rings. The molecular formula is C12H16BrFOS. The maximum Gasteiger partial charge on any atom is 0.124 e. The summed E-state index contributed by atoms with van der Waals surface area (Å²) < 4.78 is 19.1. The van der Waals surface area contributed by atoms with Crippen LogP contribution in [0.2, 0.25) is 0 Å². The van der Waals surface area contributed by atoms with Gasteiger partial charge in [-0.3, -0.25) is 0 Å². The zero-order valence-corrected chi connectivity index (χ0v) is 11.9. The van der Waals surface area contributed by atoms with Crippen LogP contribution in [0.1, 0.15) is 19.4 Å². The van der Waals surface area contributed by atoms with Crippen LogP contribution in [0.15, 0.2) is 22.7 Å². The standard InChI is InChI=1S/C12H16BrFOS/c1-9(2)15-5-6-16-8-10-3-4-11(14)7-12(10)13/h3-4,7,9H,5-6,8H2,1-2H3. The van der Waals surface area contributed by atoms with Crippen LogP contribution in [0.3, 0.4) is 0 Å². The minimum atomic E-state index is -0.205. The molecule has 0 N–H and O–H groups in total. The molecule has 0 heterocycles. The van der Waals surface area contributed by atoms with Crippen LogP contribution in [0.5, 0.6) is 0 Å². The van der Waals surface area contributed by atoms with E-state index >= 15 is 0 Å². The molecule has 0 amide bonds. The highest BCUT2D eigenvalue weighted by atomic mass is 79.9. The van der Waals surface area contributed by atoms with Crippen LogP contribution < -0.4 is 0 Å². The lowest BCUT2D eigenvalue weighted by molar-refractivity contribution is 0.0920. The fourth-order valence-electron chi connectivity index (χ4n) is 1.16. The molecular weight excluding hydrogens is 291 g/mol. The first-order valence-corrected chi connectivity index (χ1v) is 7.17. The molecule has 1 aromatic carbocycles. The monoisotopic (exact) mass is 306 g/mol. The second-order valence-electron chi connectivity index (χ2n) is 3.71. The van der Waals surface area contributed by atoms with Crippen molar-refractivity contribution in [1.29, 1.82) is 0 Å². The molecule has 1 nitrogen and oxygen atoms in total. The molecule has 1 rings (SSSR count). The van der Waals surface area contributed by atoms with E-state index in [-0.39, 0.29) is 11.9 Å². The molecule has 90 valence electrons. The number of hydrogen-bond acceptors (Lipinski definition) is 2. The van der Waals surface area contributed by atoms with Crippen molar-refractivity contribution in [2.24, 2.45) is 0 Å². The van der Waals surface area contributed by atoms with Gasteiger partial charge in [0.2, 0.25) is 0 Å². The van der Waals surface area contributed by atoms with Crippen LogP contribution in [0.25, 0.3) is 0 Å². The van der Waals surface area contributed by atoms with Crippen molar-refractivity contribution in [3.63, 3.8) is 0 Å². The van der Waals surface area contributed by atoms with Gasteiger partial charge in [0, 0.05) is 16.0 Å². The molecule has 0 spiro atoms. The lowest BCUT2D eigenvalue weighted by Crippen LogP contribution is -2.05. The van der Waals surface area contributed by atoms with Crippen molar-refractivity contribution in [2.75, 3.05) is 12.4 Å². The highest BCUT2D eigenvalue weighted by molar-refractivity contribution is 9.10. The molecule has 0 bridgehead atoms. The highest BCUT2D eigenvalue weighted by Gasteiger charge is 2.01. The largest absolute Gasteiger partial charge is 0.378 e. The number of ether oxygens (including phenoxy) is 1. The van der Waals surface area contributed by atoms with Crippen molar-refractivity contribution in [2.45, 2.75) is 25.7 Å². The average Bonchev–Trinajstić information content (AvgIpc) is 2.20. The quantitative estimate of drug-likeness (QED) is 0.727. The van der Waals surface area contributed by atoms with E-state index in [1.165, 1.54) is 12.1 Å². The smallest absolute Gasteiger partial charge is 0.124 e. The summed E-state index contributed by atoms with van der Waals surface area (Å²) in [6.07, 6.45) is 0.290. The Bertz CT molecular complexity index is 331. The van der Waals surface area contributed by atoms with Gasteiger partial charge in [0.15, 0.2) is 0 Å². The van der Waals surface area contributed by atoms with Crippen molar-refractivity contribution in [1.82, 2.24) is 0 Å². The van der Waals surface area contributed by atoms with Crippen molar-refractivity contribution < 1.29 is 9.13 Å². The van der Waals surface area contributed by atoms with Crippen molar-refractivity contribution in [3.05, 3.63) is 34.1 Å². The topological polar surface area (TPSA) is 9.23 Å². The molecule has 0 fully saturated rings. The summed E-state index contributed by atoms with van der Waals surface area (Å²) in [4.78, 5) is 0. The summed E-state index contributed by atoms with van der Waals surface area (Å²) >= 11 is 5.15. The summed E-state index contributed by atoms with van der Waals surface area (Å²) in [6.45, 7) is 4.82. The lowest BCUT2D eigenvalue weighted by Gasteiger charge is -2.07. The summed E-state index contributed by atoms with van der Waals surface area (Å²) in [7, 11) is 0. The van der Waals surface area contributed by atoms with E-state index in [1.807, 2.05) is 19.9 Å². The molecule has 0 saturated carbocycles. The summed E-state index contributed by atoms with van der Waals surface area (Å²) in [5.41, 5.74) is 1.12. The highest BCUT2D eigenvalue weighted by Crippen LogP contribution is 2.22.